The lowest BCUT2D eigenvalue weighted by Gasteiger charge is -2.26. The lowest BCUT2D eigenvalue weighted by Crippen LogP contribution is -2.43. The predicted octanol–water partition coefficient (Wildman–Crippen LogP) is 1.23. The smallest absolute Gasteiger partial charge is 0.324 e. The summed E-state index contributed by atoms with van der Waals surface area (Å²) in [6.45, 7) is 3.67. The van der Waals surface area contributed by atoms with Gasteiger partial charge in [-0.15, -0.1) is 0 Å². The van der Waals surface area contributed by atoms with Gasteiger partial charge in [-0.2, -0.15) is 0 Å². The van der Waals surface area contributed by atoms with Crippen LogP contribution in [0.15, 0.2) is 24.3 Å². The minimum absolute atomic E-state index is 0.00961. The first-order valence-corrected chi connectivity index (χ1v) is 9.07. The normalized spacial score (nSPS) is 19.7. The van der Waals surface area contributed by atoms with E-state index in [1.54, 1.807) is 11.8 Å². The average molecular weight is 373 g/mol. The van der Waals surface area contributed by atoms with Crippen LogP contribution >= 0.6 is 0 Å². The molecule has 1 N–H and O–H groups in total. The van der Waals surface area contributed by atoms with Gasteiger partial charge in [0.15, 0.2) is 6.10 Å². The van der Waals surface area contributed by atoms with E-state index in [2.05, 4.69) is 5.32 Å². The maximum absolute atomic E-state index is 12.8. The minimum Gasteiger partial charge on any atom is -0.453 e. The van der Waals surface area contributed by atoms with Gasteiger partial charge in [-0.05, 0) is 38.3 Å². The summed E-state index contributed by atoms with van der Waals surface area (Å²) in [5.74, 6) is -1.09. The maximum Gasteiger partial charge on any atom is 0.324 e. The number of rotatable bonds is 6. The summed E-state index contributed by atoms with van der Waals surface area (Å²) in [5, 5.41) is 2.42. The Morgan fingerprint density at radius 3 is 2.74 bits per heavy atom. The molecule has 2 heterocycles. The molecular formula is C19H23N3O5. The van der Waals surface area contributed by atoms with Crippen LogP contribution in [0.5, 0.6) is 0 Å². The number of urea groups is 1. The van der Waals surface area contributed by atoms with Crippen LogP contribution in [-0.2, 0) is 25.5 Å². The highest BCUT2D eigenvalue weighted by atomic mass is 16.5. The van der Waals surface area contributed by atoms with Crippen LogP contribution < -0.4 is 10.2 Å². The molecule has 1 fully saturated rings. The molecule has 3 rings (SSSR count). The van der Waals surface area contributed by atoms with Crippen LogP contribution in [0.25, 0.3) is 0 Å². The highest BCUT2D eigenvalue weighted by Crippen LogP contribution is 2.32. The summed E-state index contributed by atoms with van der Waals surface area (Å²) in [7, 11) is 0. The molecular weight excluding hydrogens is 350 g/mol. The van der Waals surface area contributed by atoms with Crippen LogP contribution in [0.3, 0.4) is 0 Å². The molecule has 2 aliphatic heterocycles. The van der Waals surface area contributed by atoms with E-state index in [0.717, 1.165) is 22.6 Å². The number of nitrogens with one attached hydrogen (secondary N) is 1. The number of amides is 4. The van der Waals surface area contributed by atoms with Crippen molar-refractivity contribution in [2.24, 2.45) is 0 Å². The lowest BCUT2D eigenvalue weighted by atomic mass is 10.1. The number of carbonyl (C=O) groups is 4. The number of fused-ring (bicyclic) bond motifs is 1. The number of nitrogens with zero attached hydrogens (tertiary/aromatic N) is 2. The molecule has 1 aromatic rings. The number of hydrogen-bond acceptors (Lipinski definition) is 5. The van der Waals surface area contributed by atoms with Gasteiger partial charge in [-0.1, -0.05) is 18.2 Å². The van der Waals surface area contributed by atoms with Gasteiger partial charge in [0.1, 0.15) is 0 Å². The van der Waals surface area contributed by atoms with Crippen LogP contribution in [0, 0.1) is 0 Å². The Bertz CT molecular complexity index is 762. The lowest BCUT2D eigenvalue weighted by molar-refractivity contribution is -0.154. The van der Waals surface area contributed by atoms with Crippen molar-refractivity contribution in [3.8, 4) is 0 Å². The number of hydrogen-bond donors (Lipinski definition) is 1. The van der Waals surface area contributed by atoms with Crippen LogP contribution in [0.2, 0.25) is 0 Å². The van der Waals surface area contributed by atoms with Crippen molar-refractivity contribution in [1.29, 1.82) is 0 Å². The fourth-order valence-corrected chi connectivity index (χ4v) is 3.47. The topological polar surface area (TPSA) is 96.0 Å². The van der Waals surface area contributed by atoms with E-state index in [0.29, 0.717) is 6.42 Å². The molecule has 0 radical (unpaired) electrons. The molecule has 1 aromatic carbocycles. The largest absolute Gasteiger partial charge is 0.453 e. The Kier molecular flexibility index (Phi) is 5.43. The third kappa shape index (κ3) is 3.94. The van der Waals surface area contributed by atoms with Gasteiger partial charge in [-0.3, -0.25) is 19.3 Å². The van der Waals surface area contributed by atoms with Crippen molar-refractivity contribution in [3.05, 3.63) is 29.8 Å². The van der Waals surface area contributed by atoms with Crippen molar-refractivity contribution in [3.63, 3.8) is 0 Å². The molecule has 144 valence electrons. The highest BCUT2D eigenvalue weighted by molar-refractivity contribution is 6.02. The number of benzene rings is 1. The zero-order valence-electron chi connectivity index (χ0n) is 15.4. The quantitative estimate of drug-likeness (QED) is 0.598. The van der Waals surface area contributed by atoms with E-state index in [4.69, 9.17) is 4.74 Å². The first-order valence-electron chi connectivity index (χ1n) is 9.07. The van der Waals surface area contributed by atoms with Crippen LogP contribution in [-0.4, -0.2) is 54.0 Å². The Balaban J connectivity index is 1.50. The molecule has 0 aromatic heterocycles. The molecule has 2 atom stereocenters. The summed E-state index contributed by atoms with van der Waals surface area (Å²) in [5.41, 5.74) is 1.96. The maximum atomic E-state index is 12.8. The first kappa shape index (κ1) is 18.9. The molecule has 0 aliphatic carbocycles. The van der Waals surface area contributed by atoms with E-state index in [-0.39, 0.29) is 37.4 Å². The number of esters is 1. The number of ether oxygens (including phenoxy) is 1. The third-order valence-electron chi connectivity index (χ3n) is 4.80. The summed E-state index contributed by atoms with van der Waals surface area (Å²) >= 11 is 0. The number of para-hydroxylation sites is 1. The SMILES string of the molecule is C[C@H](OC(=O)CCCN1C(=O)CNC1=O)C(=O)N1c2ccccc2C[C@@H]1C. The zero-order chi connectivity index (χ0) is 19.6. The van der Waals surface area contributed by atoms with Gasteiger partial charge in [0.2, 0.25) is 5.91 Å². The Labute approximate surface area is 157 Å². The number of carbonyl (C=O) groups excluding carboxylic acids is 4. The van der Waals surface area contributed by atoms with Crippen LogP contribution in [0.4, 0.5) is 10.5 Å². The van der Waals surface area contributed by atoms with Crippen molar-refractivity contribution in [1.82, 2.24) is 10.2 Å². The van der Waals surface area contributed by atoms with E-state index >= 15 is 0 Å². The molecule has 2 aliphatic rings. The van der Waals surface area contributed by atoms with E-state index in [1.807, 2.05) is 31.2 Å². The minimum atomic E-state index is -0.900. The second-order valence-corrected chi connectivity index (χ2v) is 6.83. The summed E-state index contributed by atoms with van der Waals surface area (Å²) in [4.78, 5) is 50.5. The van der Waals surface area contributed by atoms with Gasteiger partial charge in [-0.25, -0.2) is 4.79 Å². The monoisotopic (exact) mass is 373 g/mol. The van der Waals surface area contributed by atoms with Crippen molar-refractivity contribution >= 4 is 29.5 Å². The molecule has 0 spiro atoms. The molecule has 4 amide bonds. The zero-order valence-corrected chi connectivity index (χ0v) is 15.4. The van der Waals surface area contributed by atoms with Gasteiger partial charge >= 0.3 is 12.0 Å². The fraction of sp³-hybridized carbons (Fsp3) is 0.474. The van der Waals surface area contributed by atoms with E-state index < -0.39 is 18.1 Å². The molecule has 1 saturated heterocycles. The second-order valence-electron chi connectivity index (χ2n) is 6.83. The molecule has 0 saturated carbocycles. The van der Waals surface area contributed by atoms with E-state index in [1.165, 1.54) is 0 Å². The molecule has 27 heavy (non-hydrogen) atoms. The number of anilines is 1. The number of imide groups is 1. The molecule has 8 nitrogen and oxygen atoms in total. The fourth-order valence-electron chi connectivity index (χ4n) is 3.47. The standard InChI is InChI=1S/C19H23N3O5/c1-12-10-14-6-3-4-7-15(14)22(12)18(25)13(2)27-17(24)8-5-9-21-16(23)11-20-19(21)26/h3-4,6-7,12-13H,5,8-11H2,1-2H3,(H,20,26)/t12-,13-/m0/s1. The van der Waals surface area contributed by atoms with Crippen molar-refractivity contribution < 1.29 is 23.9 Å². The summed E-state index contributed by atoms with van der Waals surface area (Å²) in [6, 6.07) is 7.27. The van der Waals surface area contributed by atoms with Crippen molar-refractivity contribution in [2.75, 3.05) is 18.0 Å². The molecule has 0 bridgehead atoms. The van der Waals surface area contributed by atoms with Crippen molar-refractivity contribution in [2.45, 2.75) is 45.3 Å². The first-order chi connectivity index (χ1) is 12.9. The average Bonchev–Trinajstić information content (AvgIpc) is 3.13. The van der Waals surface area contributed by atoms with Gasteiger partial charge in [0.25, 0.3) is 5.91 Å². The second kappa shape index (κ2) is 7.77. The predicted molar refractivity (Wildman–Crippen MR) is 97.0 cm³/mol. The third-order valence-corrected chi connectivity index (χ3v) is 4.80. The Hall–Kier alpha value is -2.90. The van der Waals surface area contributed by atoms with E-state index in [9.17, 15) is 19.2 Å². The Morgan fingerprint density at radius 2 is 2.04 bits per heavy atom. The summed E-state index contributed by atoms with van der Waals surface area (Å²) < 4.78 is 5.27. The van der Waals surface area contributed by atoms with Crippen LogP contribution in [0.1, 0.15) is 32.3 Å². The summed E-state index contributed by atoms with van der Waals surface area (Å²) in [6.07, 6.45) is 0.194. The molecule has 8 heteroatoms. The Morgan fingerprint density at radius 1 is 1.30 bits per heavy atom. The highest BCUT2D eigenvalue weighted by Gasteiger charge is 2.34. The van der Waals surface area contributed by atoms with Gasteiger partial charge < -0.3 is 15.0 Å². The van der Waals surface area contributed by atoms with Gasteiger partial charge in [0.05, 0.1) is 6.54 Å². The van der Waals surface area contributed by atoms with Gasteiger partial charge in [0, 0.05) is 24.7 Å². The molecule has 0 unspecified atom stereocenters.